The van der Waals surface area contributed by atoms with Crippen molar-refractivity contribution in [2.24, 2.45) is 7.05 Å². The van der Waals surface area contributed by atoms with Gasteiger partial charge >= 0.3 is 5.69 Å². The largest absolute Gasteiger partial charge is 0.383 e. The van der Waals surface area contributed by atoms with Gasteiger partial charge in [0, 0.05) is 62.0 Å². The number of likely N-dealkylation sites (N-methyl/N-ethyl adjacent to an activating group) is 1. The van der Waals surface area contributed by atoms with Crippen LogP contribution < -0.4 is 16.2 Å². The summed E-state index contributed by atoms with van der Waals surface area (Å²) in [5.41, 5.74) is 3.59. The molecule has 4 aromatic rings. The molecule has 1 heterocycles. The third-order valence-electron chi connectivity index (χ3n) is 7.87. The second-order valence-electron chi connectivity index (χ2n) is 12.2. The van der Waals surface area contributed by atoms with E-state index < -0.39 is 11.5 Å². The monoisotopic (exact) mass is 641 g/mol. The molecule has 0 aliphatic carbocycles. The lowest BCUT2D eigenvalue weighted by Gasteiger charge is -2.20. The van der Waals surface area contributed by atoms with E-state index in [9.17, 15) is 24.5 Å². The fraction of sp³-hybridized carbons (Fsp3) is 0.314. The van der Waals surface area contributed by atoms with Gasteiger partial charge in [0.15, 0.2) is 5.82 Å². The van der Waals surface area contributed by atoms with E-state index in [-0.39, 0.29) is 39.0 Å². The summed E-state index contributed by atoms with van der Waals surface area (Å²) in [4.78, 5) is 57.1. The standard InChI is InChI=1S/C35H40N6O6/c1-8-40(18-19-47-7)33(43)27-17-16-25(20-30(27)41(45)46)36-31-34(44)39(6)21-29(37-31)26-10-9-11-28(22(26)2)38-32(42)23-12-14-24(15-13-23)35(3,4)5/h9-17,20-21H,8,18-19H2,1-7H3,(H2-,36,37,38,42,43,45,46)/p+1. The molecule has 0 saturated carbocycles. The minimum Gasteiger partial charge on any atom is -0.383 e. The summed E-state index contributed by atoms with van der Waals surface area (Å²) in [6.45, 7) is 11.0. The number of aromatic nitrogens is 2. The van der Waals surface area contributed by atoms with E-state index in [2.05, 4.69) is 36.4 Å². The van der Waals surface area contributed by atoms with Crippen molar-refractivity contribution in [3.8, 4) is 11.3 Å². The lowest BCUT2D eigenvalue weighted by atomic mass is 9.86. The summed E-state index contributed by atoms with van der Waals surface area (Å²) < 4.78 is 6.43. The second-order valence-corrected chi connectivity index (χ2v) is 12.2. The Morgan fingerprint density at radius 3 is 2.40 bits per heavy atom. The molecule has 12 heteroatoms. The Morgan fingerprint density at radius 2 is 1.79 bits per heavy atom. The topological polar surface area (TPSA) is 146 Å². The maximum absolute atomic E-state index is 13.1. The number of carbonyl (C=O) groups is 2. The number of hydrogen-bond donors (Lipinski definition) is 3. The van der Waals surface area contributed by atoms with Crippen molar-refractivity contribution >= 4 is 34.7 Å². The smallest absolute Gasteiger partial charge is 0.331 e. The lowest BCUT2D eigenvalue weighted by molar-refractivity contribution is -0.729. The molecular weight excluding hydrogens is 600 g/mol. The van der Waals surface area contributed by atoms with Crippen molar-refractivity contribution in [1.29, 1.82) is 0 Å². The molecule has 12 nitrogen and oxygen atoms in total. The van der Waals surface area contributed by atoms with Gasteiger partial charge in [-0.25, -0.2) is 10.2 Å². The van der Waals surface area contributed by atoms with Crippen molar-refractivity contribution in [3.05, 3.63) is 104 Å². The maximum Gasteiger partial charge on any atom is 0.331 e. The predicted octanol–water partition coefficient (Wildman–Crippen LogP) is 5.96. The van der Waals surface area contributed by atoms with Crippen molar-refractivity contribution in [3.63, 3.8) is 0 Å². The molecule has 0 fully saturated rings. The van der Waals surface area contributed by atoms with Crippen LogP contribution in [0.15, 0.2) is 71.7 Å². The summed E-state index contributed by atoms with van der Waals surface area (Å²) in [5.74, 6) is -0.758. The molecule has 3 N–H and O–H groups in total. The fourth-order valence-corrected chi connectivity index (χ4v) is 5.04. The SMILES string of the molecule is CCN(CCOC)C(=O)c1ccc(Nc2nc(-c3cccc(NC(=O)c4ccc(C(C)(C)C)cc4)c3C)cn(C)c2=O)cc1[N+](=O)O. The van der Waals surface area contributed by atoms with Gasteiger partial charge in [-0.3, -0.25) is 14.4 Å². The molecule has 0 bridgehead atoms. The molecule has 47 heavy (non-hydrogen) atoms. The summed E-state index contributed by atoms with van der Waals surface area (Å²) in [6.07, 6.45) is 1.59. The Morgan fingerprint density at radius 1 is 1.09 bits per heavy atom. The van der Waals surface area contributed by atoms with Crippen LogP contribution in [0.25, 0.3) is 11.3 Å². The highest BCUT2D eigenvalue weighted by atomic mass is 16.6. The Hall–Kier alpha value is -5.36. The molecule has 0 radical (unpaired) electrons. The summed E-state index contributed by atoms with van der Waals surface area (Å²) in [6, 6.07) is 17.1. The number of amides is 2. The molecule has 0 atom stereocenters. The number of nitrogens with one attached hydrogen (secondary N) is 2. The van der Waals surface area contributed by atoms with Crippen LogP contribution in [0.5, 0.6) is 0 Å². The van der Waals surface area contributed by atoms with Crippen LogP contribution in [0.4, 0.5) is 22.9 Å². The van der Waals surface area contributed by atoms with Gasteiger partial charge in [-0.05, 0) is 60.7 Å². The van der Waals surface area contributed by atoms with Gasteiger partial charge < -0.3 is 24.8 Å². The first-order valence-corrected chi connectivity index (χ1v) is 15.2. The minimum absolute atomic E-state index is 0.0137. The molecule has 1 aromatic heterocycles. The molecule has 4 rings (SSSR count). The van der Waals surface area contributed by atoms with Gasteiger partial charge in [0.2, 0.25) is 0 Å². The summed E-state index contributed by atoms with van der Waals surface area (Å²) in [7, 11) is 3.11. The van der Waals surface area contributed by atoms with E-state index >= 15 is 0 Å². The van der Waals surface area contributed by atoms with Gasteiger partial charge in [-0.2, -0.15) is 0 Å². The summed E-state index contributed by atoms with van der Waals surface area (Å²) >= 11 is 0. The van der Waals surface area contributed by atoms with Gasteiger partial charge in [-0.1, -0.05) is 45.0 Å². The number of hydrogen-bond acceptors (Lipinski definition) is 7. The zero-order chi connectivity index (χ0) is 34.5. The molecule has 0 unspecified atom stereocenters. The molecule has 0 aliphatic heterocycles. The Kier molecular flexibility index (Phi) is 10.6. The van der Waals surface area contributed by atoms with Crippen molar-refractivity contribution in [2.75, 3.05) is 37.4 Å². The Bertz CT molecular complexity index is 1860. The van der Waals surface area contributed by atoms with E-state index in [4.69, 9.17) is 4.74 Å². The first-order chi connectivity index (χ1) is 22.2. The maximum atomic E-state index is 13.1. The highest BCUT2D eigenvalue weighted by Gasteiger charge is 2.28. The molecule has 0 spiro atoms. The van der Waals surface area contributed by atoms with Crippen molar-refractivity contribution < 1.29 is 24.5 Å². The first kappa shape index (κ1) is 34.5. The van der Waals surface area contributed by atoms with Crippen LogP contribution in [0.1, 0.15) is 59.5 Å². The van der Waals surface area contributed by atoms with Crippen LogP contribution in [-0.2, 0) is 17.2 Å². The number of carbonyl (C=O) groups excluding carboxylic acids is 2. The van der Waals surface area contributed by atoms with Crippen LogP contribution in [0, 0.1) is 11.8 Å². The highest BCUT2D eigenvalue weighted by Crippen LogP contribution is 2.30. The van der Waals surface area contributed by atoms with Gasteiger partial charge in [-0.15, -0.1) is 0 Å². The molecule has 3 aromatic carbocycles. The number of aryl methyl sites for hydroxylation is 1. The zero-order valence-corrected chi connectivity index (χ0v) is 27.7. The van der Waals surface area contributed by atoms with Crippen molar-refractivity contribution in [2.45, 2.75) is 40.0 Å². The number of nitrogens with zero attached hydrogens (tertiary/aromatic N) is 4. The van der Waals surface area contributed by atoms with E-state index in [1.807, 2.05) is 25.1 Å². The Balaban J connectivity index is 1.63. The average Bonchev–Trinajstić information content (AvgIpc) is 3.04. The van der Waals surface area contributed by atoms with E-state index in [0.29, 0.717) is 42.2 Å². The van der Waals surface area contributed by atoms with Crippen LogP contribution in [0.2, 0.25) is 0 Å². The first-order valence-electron chi connectivity index (χ1n) is 15.2. The lowest BCUT2D eigenvalue weighted by Crippen LogP contribution is -2.34. The van der Waals surface area contributed by atoms with Crippen LogP contribution in [0.3, 0.4) is 0 Å². The minimum atomic E-state index is -0.457. The van der Waals surface area contributed by atoms with Gasteiger partial charge in [0.1, 0.15) is 5.56 Å². The zero-order valence-electron chi connectivity index (χ0n) is 27.7. The summed E-state index contributed by atoms with van der Waals surface area (Å²) in [5, 5.41) is 15.8. The normalized spacial score (nSPS) is 11.2. The molecule has 0 aliphatic rings. The van der Waals surface area contributed by atoms with E-state index in [1.165, 1.54) is 34.8 Å². The predicted molar refractivity (Wildman–Crippen MR) is 181 cm³/mol. The van der Waals surface area contributed by atoms with Crippen LogP contribution >= 0.6 is 0 Å². The number of benzene rings is 3. The highest BCUT2D eigenvalue weighted by molar-refractivity contribution is 6.05. The molecule has 0 saturated heterocycles. The number of methoxy groups -OCH3 is 1. The van der Waals surface area contributed by atoms with Crippen LogP contribution in [-0.4, -0.2) is 63.2 Å². The second kappa shape index (κ2) is 14.4. The van der Waals surface area contributed by atoms with Gasteiger partial charge in [0.25, 0.3) is 22.3 Å². The van der Waals surface area contributed by atoms with Crippen molar-refractivity contribution in [1.82, 2.24) is 14.5 Å². The van der Waals surface area contributed by atoms with Gasteiger partial charge in [0.05, 0.1) is 17.2 Å². The van der Waals surface area contributed by atoms with E-state index in [1.54, 1.807) is 44.4 Å². The average molecular weight is 642 g/mol. The molecular formula is C35H41N6O6+. The Labute approximate surface area is 273 Å². The van der Waals surface area contributed by atoms with E-state index in [0.717, 1.165) is 11.1 Å². The quantitative estimate of drug-likeness (QED) is 0.170. The fourth-order valence-electron chi connectivity index (χ4n) is 5.04. The number of rotatable bonds is 11. The third kappa shape index (κ3) is 7.90. The number of anilines is 3. The third-order valence-corrected chi connectivity index (χ3v) is 7.87. The molecule has 2 amide bonds. The number of ether oxygens (including phenoxy) is 1. The molecule has 246 valence electrons.